The van der Waals surface area contributed by atoms with Gasteiger partial charge in [0.2, 0.25) is 0 Å². The molecule has 22 nitrogen and oxygen atoms in total. The standard InChI is InChI=1S/C36H52O22P4.H2S.9H2/c1-3-5-7-9-11-13-14-15-16-17-19-21-23-25-30(38)54-28(26-52-29(37)24-22-20-18-12-10-8-6-4-2)27-53-62(50,51)58-33-31(39)34(55-59(41,42)43)36(57-61(47,48)49)35(32(33)40)56-60(44,45)46;;;;;;;;;;/h2,28,31-36,39-40H,3,5,7,9,11,13-17,19,21,23,25-27H2,1H3,(H,50,51)(H2,41,42,43)(H2,44,45,46)(H2,47,48,49);1H2;9*1H/t28-,31-,32?,33?,34?,35+,36?;;;;;;;;;;/m1........../s1. The third-order valence-electron chi connectivity index (χ3n) is 8.24. The summed E-state index contributed by atoms with van der Waals surface area (Å²) in [5, 5.41) is 21.7. The van der Waals surface area contributed by atoms with Gasteiger partial charge >= 0.3 is 43.2 Å². The van der Waals surface area contributed by atoms with E-state index in [4.69, 9.17) is 24.9 Å². The zero-order chi connectivity index (χ0) is 46.8. The molecule has 0 radical (unpaired) electrons. The van der Waals surface area contributed by atoms with Gasteiger partial charge in [-0.3, -0.25) is 27.4 Å². The van der Waals surface area contributed by atoms with Crippen molar-refractivity contribution in [3.05, 3.63) is 0 Å². The Morgan fingerprint density at radius 2 is 1.00 bits per heavy atom. The molecule has 8 atom stereocenters. The van der Waals surface area contributed by atoms with Crippen LogP contribution in [0.2, 0.25) is 0 Å². The number of terminal acetylenes is 1. The molecule has 5 unspecified atom stereocenters. The molecule has 0 aliphatic heterocycles. The molecule has 1 aliphatic rings. The highest BCUT2D eigenvalue weighted by molar-refractivity contribution is 7.59. The van der Waals surface area contributed by atoms with Gasteiger partial charge < -0.3 is 53.9 Å². The second-order valence-corrected chi connectivity index (χ2v) is 18.3. The summed E-state index contributed by atoms with van der Waals surface area (Å²) in [5.41, 5.74) is 0. The maximum absolute atomic E-state index is 13.1. The highest BCUT2D eigenvalue weighted by atomic mass is 32.1. The van der Waals surface area contributed by atoms with Gasteiger partial charge in [-0.05, 0) is 53.8 Å². The van der Waals surface area contributed by atoms with Gasteiger partial charge in [-0.1, -0.05) is 84.0 Å². The largest absolute Gasteiger partial charge is 0.472 e. The van der Waals surface area contributed by atoms with Crippen molar-refractivity contribution in [1.82, 2.24) is 0 Å². The van der Waals surface area contributed by atoms with Gasteiger partial charge in [0.1, 0.15) is 43.2 Å². The quantitative estimate of drug-likeness (QED) is 0.0170. The minimum absolute atomic E-state index is 0. The Hall–Kier alpha value is -2.55. The Labute approximate surface area is 386 Å². The molecular weight excluding hydrogens is 940 g/mol. The van der Waals surface area contributed by atoms with E-state index in [1.165, 1.54) is 38.5 Å². The third kappa shape index (κ3) is 29.6. The highest BCUT2D eigenvalue weighted by Crippen LogP contribution is 2.53. The van der Waals surface area contributed by atoms with Crippen LogP contribution < -0.4 is 0 Å². The Balaban J connectivity index is -0.000000480. The van der Waals surface area contributed by atoms with Crippen LogP contribution in [-0.4, -0.2) is 112 Å². The van der Waals surface area contributed by atoms with Gasteiger partial charge in [-0.2, -0.15) is 13.5 Å². The topological polar surface area (TPSA) is 349 Å². The number of rotatable bonds is 28. The SMILES string of the molecule is C#CC#CC#CC#CC#CC(=O)OC[C@H](COP(=O)(O)OC1C(O)[C@H](OP(=O)(O)O)C(OP(=O)(O)O)C(OP(=O)(O)O)[C@@H]1O)OC(=O)CCCCCCCCCCCCCCC.S.[HH].[HH].[HH].[HH].[HH].[HH].[HH].[HH].[HH]. The Bertz CT molecular complexity index is 1930. The lowest BCUT2D eigenvalue weighted by Crippen LogP contribution is -2.65. The van der Waals surface area contributed by atoms with Crippen molar-refractivity contribution in [2.75, 3.05) is 13.2 Å². The first-order valence-electron chi connectivity index (χ1n) is 19.0. The molecule has 27 heteroatoms. The van der Waals surface area contributed by atoms with E-state index in [1.807, 2.05) is 11.8 Å². The number of hydrogen-bond acceptors (Lipinski definition) is 15. The molecule has 63 heavy (non-hydrogen) atoms. The predicted molar refractivity (Wildman–Crippen MR) is 244 cm³/mol. The number of carbonyl (C=O) groups is 2. The fourth-order valence-electron chi connectivity index (χ4n) is 5.61. The molecule has 0 aromatic rings. The lowest BCUT2D eigenvalue weighted by Gasteiger charge is -2.45. The van der Waals surface area contributed by atoms with Crippen molar-refractivity contribution in [2.45, 2.75) is 140 Å². The summed E-state index contributed by atoms with van der Waals surface area (Å²) in [6.07, 6.45) is 0.0140. The van der Waals surface area contributed by atoms with Crippen molar-refractivity contribution >= 4 is 56.7 Å². The van der Waals surface area contributed by atoms with Crippen LogP contribution in [0.15, 0.2) is 0 Å². The fourth-order valence-corrected chi connectivity index (χ4v) is 8.26. The highest BCUT2D eigenvalue weighted by Gasteiger charge is 2.59. The van der Waals surface area contributed by atoms with E-state index < -0.39 is 99.2 Å². The average molecular weight is 1010 g/mol. The first kappa shape index (κ1) is 60.5. The molecule has 0 aromatic heterocycles. The lowest BCUT2D eigenvalue weighted by atomic mass is 9.85. The maximum atomic E-state index is 13.1. The van der Waals surface area contributed by atoms with Crippen molar-refractivity contribution in [3.8, 4) is 59.7 Å². The van der Waals surface area contributed by atoms with E-state index in [0.29, 0.717) is 12.8 Å². The Morgan fingerprint density at radius 3 is 1.44 bits per heavy atom. The van der Waals surface area contributed by atoms with E-state index in [9.17, 15) is 72.3 Å². The van der Waals surface area contributed by atoms with Gasteiger partial charge in [0, 0.05) is 25.2 Å². The van der Waals surface area contributed by atoms with Crippen LogP contribution >= 0.6 is 44.8 Å². The summed E-state index contributed by atoms with van der Waals surface area (Å²) in [5.74, 6) is 17.7. The maximum Gasteiger partial charge on any atom is 0.472 e. The van der Waals surface area contributed by atoms with Crippen molar-refractivity contribution < 1.29 is 117 Å². The van der Waals surface area contributed by atoms with Gasteiger partial charge in [0.15, 0.2) is 6.10 Å². The zero-order valence-corrected chi connectivity index (χ0v) is 38.6. The molecular formula is C36H72O22P4S. The molecule has 0 heterocycles. The zero-order valence-electron chi connectivity index (χ0n) is 34.1. The summed E-state index contributed by atoms with van der Waals surface area (Å²) in [6, 6.07) is 0. The monoisotopic (exact) mass is 1010 g/mol. The molecule has 0 aromatic carbocycles. The van der Waals surface area contributed by atoms with Crippen LogP contribution in [0.25, 0.3) is 0 Å². The summed E-state index contributed by atoms with van der Waals surface area (Å²) in [6.45, 7) is 0.200. The second-order valence-electron chi connectivity index (χ2n) is 13.3. The van der Waals surface area contributed by atoms with Gasteiger partial charge in [-0.15, -0.1) is 6.42 Å². The number of hydrogen-bond donors (Lipinski definition) is 9. The Kier molecular flexibility index (Phi) is 30.1. The van der Waals surface area contributed by atoms with Gasteiger partial charge in [0.25, 0.3) is 0 Å². The Morgan fingerprint density at radius 1 is 0.587 bits per heavy atom. The number of ether oxygens (including phenoxy) is 2. The van der Waals surface area contributed by atoms with Crippen molar-refractivity contribution in [1.29, 1.82) is 0 Å². The number of carbonyl (C=O) groups excluding carboxylic acids is 2. The predicted octanol–water partition coefficient (Wildman–Crippen LogP) is 4.57. The first-order valence-corrected chi connectivity index (χ1v) is 25.1. The van der Waals surface area contributed by atoms with Crippen LogP contribution in [0.4, 0.5) is 0 Å². The smallest absolute Gasteiger partial charge is 0.456 e. The molecule has 0 saturated heterocycles. The van der Waals surface area contributed by atoms with E-state index >= 15 is 0 Å². The second kappa shape index (κ2) is 31.4. The molecule has 1 fully saturated rings. The molecule has 1 aliphatic carbocycles. The van der Waals surface area contributed by atoms with Gasteiger partial charge in [-0.25, -0.2) is 23.1 Å². The van der Waals surface area contributed by atoms with Crippen molar-refractivity contribution in [3.63, 3.8) is 0 Å². The van der Waals surface area contributed by atoms with Crippen molar-refractivity contribution in [2.24, 2.45) is 0 Å². The van der Waals surface area contributed by atoms with E-state index in [2.05, 4.69) is 61.9 Å². The summed E-state index contributed by atoms with van der Waals surface area (Å²) < 4.78 is 80.8. The summed E-state index contributed by atoms with van der Waals surface area (Å²) in [7, 11) is -23.1. The van der Waals surface area contributed by atoms with E-state index in [1.54, 1.807) is 0 Å². The molecule has 0 amide bonds. The van der Waals surface area contributed by atoms with Crippen LogP contribution in [0.5, 0.6) is 0 Å². The fraction of sp³-hybridized carbons (Fsp3) is 0.667. The normalized spacial score (nSPS) is 21.0. The minimum atomic E-state index is -5.81. The molecule has 1 saturated carbocycles. The first-order chi connectivity index (χ1) is 29.0. The summed E-state index contributed by atoms with van der Waals surface area (Å²) >= 11 is 0. The number of aliphatic hydroxyl groups excluding tert-OH is 2. The number of phosphoric ester groups is 4. The van der Waals surface area contributed by atoms with Gasteiger partial charge in [0.05, 0.1) is 6.61 Å². The van der Waals surface area contributed by atoms with E-state index in [-0.39, 0.29) is 32.8 Å². The molecule has 9 N–H and O–H groups in total. The molecule has 0 spiro atoms. The minimum Gasteiger partial charge on any atom is -0.456 e. The lowest BCUT2D eigenvalue weighted by molar-refractivity contribution is -0.209. The van der Waals surface area contributed by atoms with Crippen LogP contribution in [0.1, 0.15) is 110 Å². The van der Waals surface area contributed by atoms with Crippen LogP contribution in [0, 0.1) is 59.7 Å². The van der Waals surface area contributed by atoms with Crippen LogP contribution in [-0.2, 0) is 59.9 Å². The summed E-state index contributed by atoms with van der Waals surface area (Å²) in [4.78, 5) is 91.6. The average Bonchev–Trinajstić information content (AvgIpc) is 3.16. The number of esters is 2. The third-order valence-corrected chi connectivity index (χ3v) is 10.8. The molecule has 0 bridgehead atoms. The van der Waals surface area contributed by atoms with E-state index in [0.717, 1.165) is 32.1 Å². The van der Waals surface area contributed by atoms with Crippen LogP contribution in [0.3, 0.4) is 0 Å². The number of unbranched alkanes of at least 4 members (excludes halogenated alkanes) is 12. The number of phosphoric acid groups is 4. The number of aliphatic hydroxyl groups is 2. The molecule has 374 valence electrons. The molecule has 1 rings (SSSR count).